The van der Waals surface area contributed by atoms with Gasteiger partial charge in [-0.15, -0.1) is 11.3 Å². The summed E-state index contributed by atoms with van der Waals surface area (Å²) >= 11 is 1.58. The number of carbonyl (C=O) groups excluding carboxylic acids is 1. The SMILES string of the molecule is Cc1ccsc1CNC(=O)Cc1ccccc1[N+](=O)[O-]. The Morgan fingerprint density at radius 1 is 1.35 bits per heavy atom. The molecule has 2 rings (SSSR count). The summed E-state index contributed by atoms with van der Waals surface area (Å²) in [6, 6.07) is 8.29. The van der Waals surface area contributed by atoms with E-state index in [9.17, 15) is 14.9 Å². The molecule has 2 aromatic rings. The topological polar surface area (TPSA) is 72.2 Å². The fourth-order valence-corrected chi connectivity index (χ4v) is 2.68. The van der Waals surface area contributed by atoms with Crippen molar-refractivity contribution in [2.45, 2.75) is 19.9 Å². The van der Waals surface area contributed by atoms with E-state index in [1.165, 1.54) is 6.07 Å². The van der Waals surface area contributed by atoms with Gasteiger partial charge in [0.05, 0.1) is 17.9 Å². The maximum absolute atomic E-state index is 11.9. The van der Waals surface area contributed by atoms with Crippen LogP contribution in [0.4, 0.5) is 5.69 Å². The van der Waals surface area contributed by atoms with Crippen LogP contribution in [0, 0.1) is 17.0 Å². The fraction of sp³-hybridized carbons (Fsp3) is 0.214. The Hall–Kier alpha value is -2.21. The van der Waals surface area contributed by atoms with Crippen LogP contribution in [0.3, 0.4) is 0 Å². The minimum absolute atomic E-state index is 0.0155. The van der Waals surface area contributed by atoms with E-state index in [1.54, 1.807) is 29.5 Å². The first kappa shape index (κ1) is 14.2. The van der Waals surface area contributed by atoms with Crippen LogP contribution < -0.4 is 5.32 Å². The highest BCUT2D eigenvalue weighted by Gasteiger charge is 2.15. The molecule has 0 atom stereocenters. The van der Waals surface area contributed by atoms with Crippen LogP contribution >= 0.6 is 11.3 Å². The van der Waals surface area contributed by atoms with E-state index in [0.717, 1.165) is 10.4 Å². The Labute approximate surface area is 120 Å². The van der Waals surface area contributed by atoms with E-state index >= 15 is 0 Å². The van der Waals surface area contributed by atoms with Crippen molar-refractivity contribution >= 4 is 22.9 Å². The number of hydrogen-bond donors (Lipinski definition) is 1. The van der Waals surface area contributed by atoms with E-state index < -0.39 is 4.92 Å². The predicted molar refractivity (Wildman–Crippen MR) is 77.7 cm³/mol. The zero-order valence-electron chi connectivity index (χ0n) is 11.0. The molecule has 1 aromatic heterocycles. The van der Waals surface area contributed by atoms with Crippen molar-refractivity contribution in [2.24, 2.45) is 0 Å². The summed E-state index contributed by atoms with van der Waals surface area (Å²) in [5, 5.41) is 15.6. The highest BCUT2D eigenvalue weighted by molar-refractivity contribution is 7.10. The summed E-state index contributed by atoms with van der Waals surface area (Å²) in [6.45, 7) is 2.45. The van der Waals surface area contributed by atoms with E-state index in [4.69, 9.17) is 0 Å². The van der Waals surface area contributed by atoms with Crippen LogP contribution in [0.25, 0.3) is 0 Å². The van der Waals surface area contributed by atoms with Crippen molar-refractivity contribution in [1.82, 2.24) is 5.32 Å². The molecule has 1 heterocycles. The second-order valence-electron chi connectivity index (χ2n) is 4.37. The third kappa shape index (κ3) is 3.42. The zero-order valence-corrected chi connectivity index (χ0v) is 11.8. The highest BCUT2D eigenvalue weighted by Crippen LogP contribution is 2.18. The maximum Gasteiger partial charge on any atom is 0.273 e. The van der Waals surface area contributed by atoms with Crippen molar-refractivity contribution in [2.75, 3.05) is 0 Å². The van der Waals surface area contributed by atoms with Gasteiger partial charge in [-0.1, -0.05) is 18.2 Å². The number of benzene rings is 1. The van der Waals surface area contributed by atoms with Crippen molar-refractivity contribution in [3.05, 3.63) is 61.8 Å². The maximum atomic E-state index is 11.9. The van der Waals surface area contributed by atoms with E-state index in [1.807, 2.05) is 18.4 Å². The number of nitro benzene ring substituents is 1. The van der Waals surface area contributed by atoms with Gasteiger partial charge in [0.1, 0.15) is 0 Å². The number of nitrogens with zero attached hydrogens (tertiary/aromatic N) is 1. The fourth-order valence-electron chi connectivity index (χ4n) is 1.84. The minimum atomic E-state index is -0.466. The first-order chi connectivity index (χ1) is 9.58. The predicted octanol–water partition coefficient (Wildman–Crippen LogP) is 2.82. The number of nitrogens with one attached hydrogen (secondary N) is 1. The Kier molecular flexibility index (Phi) is 4.47. The van der Waals surface area contributed by atoms with Gasteiger partial charge in [-0.3, -0.25) is 14.9 Å². The lowest BCUT2D eigenvalue weighted by Crippen LogP contribution is -2.24. The quantitative estimate of drug-likeness (QED) is 0.680. The largest absolute Gasteiger partial charge is 0.351 e. The smallest absolute Gasteiger partial charge is 0.273 e. The monoisotopic (exact) mass is 290 g/mol. The van der Waals surface area contributed by atoms with Crippen LogP contribution in [-0.2, 0) is 17.8 Å². The standard InChI is InChI=1S/C14H14N2O3S/c1-10-6-7-20-13(10)9-15-14(17)8-11-4-2-3-5-12(11)16(18)19/h2-7H,8-9H2,1H3,(H,15,17). The number of para-hydroxylation sites is 1. The summed E-state index contributed by atoms with van der Waals surface area (Å²) in [7, 11) is 0. The van der Waals surface area contributed by atoms with E-state index in [0.29, 0.717) is 12.1 Å². The third-order valence-corrected chi connectivity index (χ3v) is 3.98. The van der Waals surface area contributed by atoms with Crippen molar-refractivity contribution in [3.8, 4) is 0 Å². The van der Waals surface area contributed by atoms with Gasteiger partial charge in [-0.25, -0.2) is 0 Å². The Bertz CT molecular complexity index is 637. The average molecular weight is 290 g/mol. The average Bonchev–Trinajstić information content (AvgIpc) is 2.82. The number of aryl methyl sites for hydroxylation is 1. The molecule has 0 saturated carbocycles. The van der Waals surface area contributed by atoms with Crippen molar-refractivity contribution in [3.63, 3.8) is 0 Å². The molecule has 0 unspecified atom stereocenters. The van der Waals surface area contributed by atoms with E-state index in [2.05, 4.69) is 5.32 Å². The molecule has 0 radical (unpaired) electrons. The number of hydrogen-bond acceptors (Lipinski definition) is 4. The Morgan fingerprint density at radius 3 is 2.75 bits per heavy atom. The summed E-state index contributed by atoms with van der Waals surface area (Å²) < 4.78 is 0. The van der Waals surface area contributed by atoms with Gasteiger partial charge in [0.15, 0.2) is 0 Å². The summed E-state index contributed by atoms with van der Waals surface area (Å²) in [5.41, 5.74) is 1.55. The van der Waals surface area contributed by atoms with Gasteiger partial charge >= 0.3 is 0 Å². The van der Waals surface area contributed by atoms with Crippen LogP contribution in [0.1, 0.15) is 16.0 Å². The van der Waals surface area contributed by atoms with Gasteiger partial charge in [-0.2, -0.15) is 0 Å². The molecule has 20 heavy (non-hydrogen) atoms. The van der Waals surface area contributed by atoms with Gasteiger partial charge in [-0.05, 0) is 23.9 Å². The van der Waals surface area contributed by atoms with Crippen LogP contribution in [0.5, 0.6) is 0 Å². The molecule has 0 aliphatic rings. The lowest BCUT2D eigenvalue weighted by atomic mass is 10.1. The molecule has 5 nitrogen and oxygen atoms in total. The van der Waals surface area contributed by atoms with Gasteiger partial charge in [0.2, 0.25) is 5.91 Å². The summed E-state index contributed by atoms with van der Waals surface area (Å²) in [6.07, 6.45) is 0.0155. The molecule has 0 bridgehead atoms. The van der Waals surface area contributed by atoms with Crippen LogP contribution in [0.2, 0.25) is 0 Å². The second kappa shape index (κ2) is 6.29. The van der Waals surface area contributed by atoms with Gasteiger partial charge in [0.25, 0.3) is 5.69 Å². The molecule has 1 amide bonds. The molecule has 0 aliphatic carbocycles. The lowest BCUT2D eigenvalue weighted by molar-refractivity contribution is -0.385. The first-order valence-electron chi connectivity index (χ1n) is 6.10. The highest BCUT2D eigenvalue weighted by atomic mass is 32.1. The molecule has 1 aromatic carbocycles. The molecule has 0 aliphatic heterocycles. The van der Waals surface area contributed by atoms with Crippen LogP contribution in [0.15, 0.2) is 35.7 Å². The number of rotatable bonds is 5. The number of nitro groups is 1. The minimum Gasteiger partial charge on any atom is -0.351 e. The van der Waals surface area contributed by atoms with Crippen molar-refractivity contribution in [1.29, 1.82) is 0 Å². The number of amides is 1. The zero-order chi connectivity index (χ0) is 14.5. The number of carbonyl (C=O) groups is 1. The second-order valence-corrected chi connectivity index (χ2v) is 5.37. The Morgan fingerprint density at radius 2 is 2.10 bits per heavy atom. The summed E-state index contributed by atoms with van der Waals surface area (Å²) in [4.78, 5) is 23.4. The molecular weight excluding hydrogens is 276 g/mol. The molecular formula is C14H14N2O3S. The molecule has 0 spiro atoms. The summed E-state index contributed by atoms with van der Waals surface area (Å²) in [5.74, 6) is -0.216. The molecule has 1 N–H and O–H groups in total. The normalized spacial score (nSPS) is 10.2. The molecule has 0 fully saturated rings. The molecule has 104 valence electrons. The third-order valence-electron chi connectivity index (χ3n) is 2.95. The molecule has 6 heteroatoms. The first-order valence-corrected chi connectivity index (χ1v) is 6.98. The Balaban J connectivity index is 1.98. The van der Waals surface area contributed by atoms with Crippen LogP contribution in [-0.4, -0.2) is 10.8 Å². The van der Waals surface area contributed by atoms with Crippen molar-refractivity contribution < 1.29 is 9.72 Å². The van der Waals surface area contributed by atoms with Gasteiger partial charge in [0, 0.05) is 16.5 Å². The number of thiophene rings is 1. The lowest BCUT2D eigenvalue weighted by Gasteiger charge is -2.05. The van der Waals surface area contributed by atoms with E-state index in [-0.39, 0.29) is 18.0 Å². The molecule has 0 saturated heterocycles. The van der Waals surface area contributed by atoms with Gasteiger partial charge < -0.3 is 5.32 Å².